The summed E-state index contributed by atoms with van der Waals surface area (Å²) in [4.78, 5) is 0. The molecule has 0 spiro atoms. The highest BCUT2D eigenvalue weighted by atomic mass is 15.3. The van der Waals surface area contributed by atoms with Gasteiger partial charge in [0.25, 0.3) is 0 Å². The van der Waals surface area contributed by atoms with Crippen LogP contribution in [0.2, 0.25) is 0 Å². The van der Waals surface area contributed by atoms with Crippen LogP contribution in [0.25, 0.3) is 5.70 Å². The molecule has 0 radical (unpaired) electrons. The first-order chi connectivity index (χ1) is 7.65. The fourth-order valence-corrected chi connectivity index (χ4v) is 1.49. The summed E-state index contributed by atoms with van der Waals surface area (Å²) in [6.45, 7) is 14.3. The molecule has 1 aromatic rings. The van der Waals surface area contributed by atoms with Gasteiger partial charge in [0.15, 0.2) is 0 Å². The normalized spacial score (nSPS) is 10.7. The lowest BCUT2D eigenvalue weighted by molar-refractivity contribution is 0.856. The van der Waals surface area contributed by atoms with Crippen LogP contribution in [0.5, 0.6) is 0 Å². The lowest BCUT2D eigenvalue weighted by atomic mass is 10.1. The second-order valence-electron chi connectivity index (χ2n) is 3.58. The van der Waals surface area contributed by atoms with E-state index in [0.717, 1.165) is 24.2 Å². The van der Waals surface area contributed by atoms with Crippen LogP contribution in [0, 0.1) is 6.92 Å². The summed E-state index contributed by atoms with van der Waals surface area (Å²) in [5.41, 5.74) is 3.45. The standard InChI is InChI=1S/C12H18N2.C2H6/c1-5-6-10(2)9-12(4)14-11(3)7-8-13-14;1-2/h7-9H,2,5-6H2,1,3-4H3;1-2H3/b12-9-;. The summed E-state index contributed by atoms with van der Waals surface area (Å²) in [5, 5.41) is 4.24. The predicted octanol–water partition coefficient (Wildman–Crippen LogP) is 4.43. The Balaban J connectivity index is 0.00000106. The summed E-state index contributed by atoms with van der Waals surface area (Å²) in [6, 6.07) is 2.00. The number of hydrogen-bond acceptors (Lipinski definition) is 1. The molecule has 0 unspecified atom stereocenters. The maximum Gasteiger partial charge on any atom is 0.0496 e. The number of aryl methyl sites for hydroxylation is 1. The van der Waals surface area contributed by atoms with Crippen molar-refractivity contribution in [2.24, 2.45) is 0 Å². The molecule has 0 fully saturated rings. The Morgan fingerprint density at radius 1 is 1.50 bits per heavy atom. The third-order valence-corrected chi connectivity index (χ3v) is 2.15. The highest BCUT2D eigenvalue weighted by Gasteiger charge is 1.98. The smallest absolute Gasteiger partial charge is 0.0496 e. The van der Waals surface area contributed by atoms with Crippen LogP contribution >= 0.6 is 0 Å². The van der Waals surface area contributed by atoms with Crippen molar-refractivity contribution in [3.63, 3.8) is 0 Å². The SMILES string of the molecule is C=C(/C=C(/C)n1nccc1C)CCC.CC. The first-order valence-corrected chi connectivity index (χ1v) is 6.02. The van der Waals surface area contributed by atoms with Gasteiger partial charge >= 0.3 is 0 Å². The Morgan fingerprint density at radius 2 is 2.12 bits per heavy atom. The lowest BCUT2D eigenvalue weighted by Gasteiger charge is -2.05. The maximum absolute atomic E-state index is 4.24. The Hall–Kier alpha value is -1.31. The minimum atomic E-state index is 1.05. The van der Waals surface area contributed by atoms with E-state index in [9.17, 15) is 0 Å². The molecule has 0 amide bonds. The second-order valence-corrected chi connectivity index (χ2v) is 3.58. The molecule has 0 atom stereocenters. The van der Waals surface area contributed by atoms with Gasteiger partial charge in [0, 0.05) is 17.6 Å². The number of allylic oxidation sites excluding steroid dienone is 3. The number of rotatable bonds is 4. The van der Waals surface area contributed by atoms with E-state index in [-0.39, 0.29) is 0 Å². The molecule has 90 valence electrons. The van der Waals surface area contributed by atoms with Crippen molar-refractivity contribution in [2.75, 3.05) is 0 Å². The first kappa shape index (κ1) is 14.7. The van der Waals surface area contributed by atoms with E-state index in [0.29, 0.717) is 0 Å². The molecule has 0 aliphatic rings. The topological polar surface area (TPSA) is 17.8 Å². The molecule has 16 heavy (non-hydrogen) atoms. The van der Waals surface area contributed by atoms with E-state index >= 15 is 0 Å². The van der Waals surface area contributed by atoms with Gasteiger partial charge in [0.1, 0.15) is 0 Å². The molecule has 1 aromatic heterocycles. The van der Waals surface area contributed by atoms with Crippen molar-refractivity contribution in [3.8, 4) is 0 Å². The molecule has 1 rings (SSSR count). The van der Waals surface area contributed by atoms with E-state index in [4.69, 9.17) is 0 Å². The molecule has 0 aliphatic carbocycles. The van der Waals surface area contributed by atoms with E-state index in [1.807, 2.05) is 37.7 Å². The van der Waals surface area contributed by atoms with Crippen molar-refractivity contribution < 1.29 is 0 Å². The molecule has 0 aromatic carbocycles. The van der Waals surface area contributed by atoms with Gasteiger partial charge in [-0.2, -0.15) is 5.10 Å². The molecule has 0 N–H and O–H groups in total. The number of hydrogen-bond donors (Lipinski definition) is 0. The minimum absolute atomic E-state index is 1.05. The van der Waals surface area contributed by atoms with Gasteiger partial charge in [-0.05, 0) is 32.4 Å². The molecule has 0 aliphatic heterocycles. The first-order valence-electron chi connectivity index (χ1n) is 6.02. The van der Waals surface area contributed by atoms with Crippen molar-refractivity contribution in [1.82, 2.24) is 9.78 Å². The zero-order chi connectivity index (χ0) is 12.6. The Kier molecular flexibility index (Phi) is 7.27. The average Bonchev–Trinajstić information content (AvgIpc) is 2.67. The fourth-order valence-electron chi connectivity index (χ4n) is 1.49. The van der Waals surface area contributed by atoms with Gasteiger partial charge in [-0.3, -0.25) is 0 Å². The average molecular weight is 220 g/mol. The molecule has 1 heterocycles. The molecule has 0 bridgehead atoms. The van der Waals surface area contributed by atoms with Crippen LogP contribution in [-0.2, 0) is 0 Å². The van der Waals surface area contributed by atoms with Gasteiger partial charge in [0.05, 0.1) is 0 Å². The van der Waals surface area contributed by atoms with E-state index in [1.165, 1.54) is 5.57 Å². The van der Waals surface area contributed by atoms with Gasteiger partial charge < -0.3 is 0 Å². The lowest BCUT2D eigenvalue weighted by Crippen LogP contribution is -1.98. The third-order valence-electron chi connectivity index (χ3n) is 2.15. The van der Waals surface area contributed by atoms with Crippen LogP contribution in [0.1, 0.15) is 46.2 Å². The van der Waals surface area contributed by atoms with Crippen molar-refractivity contribution >= 4 is 5.70 Å². The van der Waals surface area contributed by atoms with Crippen LogP contribution in [-0.4, -0.2) is 9.78 Å². The second kappa shape index (κ2) is 7.91. The summed E-state index contributed by atoms with van der Waals surface area (Å²) in [7, 11) is 0. The van der Waals surface area contributed by atoms with Gasteiger partial charge in [-0.25, -0.2) is 4.68 Å². The third kappa shape index (κ3) is 4.47. The Bertz CT molecular complexity index is 345. The molecular formula is C14H24N2. The van der Waals surface area contributed by atoms with Crippen LogP contribution < -0.4 is 0 Å². The largest absolute Gasteiger partial charge is 0.243 e. The van der Waals surface area contributed by atoms with E-state index in [2.05, 4.69) is 31.6 Å². The van der Waals surface area contributed by atoms with Crippen LogP contribution in [0.4, 0.5) is 0 Å². The number of aromatic nitrogens is 2. The summed E-state index contributed by atoms with van der Waals surface area (Å²) in [6.07, 6.45) is 6.11. The van der Waals surface area contributed by atoms with Gasteiger partial charge in [-0.1, -0.05) is 39.3 Å². The fraction of sp³-hybridized carbons (Fsp3) is 0.500. The monoisotopic (exact) mass is 220 g/mol. The highest BCUT2D eigenvalue weighted by Crippen LogP contribution is 2.11. The molecule has 0 saturated carbocycles. The van der Waals surface area contributed by atoms with Crippen molar-refractivity contribution in [2.45, 2.75) is 47.5 Å². The molecule has 2 heteroatoms. The Morgan fingerprint density at radius 3 is 2.56 bits per heavy atom. The minimum Gasteiger partial charge on any atom is -0.243 e. The number of nitrogens with zero attached hydrogens (tertiary/aromatic N) is 2. The van der Waals surface area contributed by atoms with Crippen molar-refractivity contribution in [1.29, 1.82) is 0 Å². The Labute approximate surface area is 99.7 Å². The zero-order valence-corrected chi connectivity index (χ0v) is 11.2. The van der Waals surface area contributed by atoms with Gasteiger partial charge in [-0.15, -0.1) is 0 Å². The van der Waals surface area contributed by atoms with Crippen LogP contribution in [0.15, 0.2) is 30.5 Å². The summed E-state index contributed by atoms with van der Waals surface area (Å²) in [5.74, 6) is 0. The van der Waals surface area contributed by atoms with Crippen molar-refractivity contribution in [3.05, 3.63) is 36.2 Å². The zero-order valence-electron chi connectivity index (χ0n) is 11.2. The quantitative estimate of drug-likeness (QED) is 0.686. The van der Waals surface area contributed by atoms with E-state index < -0.39 is 0 Å². The summed E-state index contributed by atoms with van der Waals surface area (Å²) < 4.78 is 1.93. The summed E-state index contributed by atoms with van der Waals surface area (Å²) >= 11 is 0. The molecule has 2 nitrogen and oxygen atoms in total. The van der Waals surface area contributed by atoms with Crippen LogP contribution in [0.3, 0.4) is 0 Å². The highest BCUT2D eigenvalue weighted by molar-refractivity contribution is 5.47. The maximum atomic E-state index is 4.24. The predicted molar refractivity (Wildman–Crippen MR) is 72.3 cm³/mol. The van der Waals surface area contributed by atoms with E-state index in [1.54, 1.807) is 0 Å². The molecule has 0 saturated heterocycles. The molecular weight excluding hydrogens is 196 g/mol. The van der Waals surface area contributed by atoms with Gasteiger partial charge in [0.2, 0.25) is 0 Å².